The number of pyridine rings is 1. The quantitative estimate of drug-likeness (QED) is 0.943. The molecule has 4 heteroatoms. The van der Waals surface area contributed by atoms with E-state index in [1.165, 1.54) is 36.9 Å². The first-order valence-electron chi connectivity index (χ1n) is 7.61. The van der Waals surface area contributed by atoms with Crippen molar-refractivity contribution in [1.29, 1.82) is 0 Å². The lowest BCUT2D eigenvalue weighted by Gasteiger charge is -2.32. The lowest BCUT2D eigenvalue weighted by atomic mass is 9.94. The van der Waals surface area contributed by atoms with Crippen LogP contribution in [0.2, 0.25) is 0 Å². The fourth-order valence-electron chi connectivity index (χ4n) is 3.25. The normalized spacial score (nSPS) is 19.4. The van der Waals surface area contributed by atoms with Crippen molar-refractivity contribution in [3.05, 3.63) is 42.1 Å². The molecular weight excluding hydrogens is 282 g/mol. The van der Waals surface area contributed by atoms with E-state index in [2.05, 4.69) is 34.1 Å². The van der Waals surface area contributed by atoms with Crippen LogP contribution >= 0.6 is 12.4 Å². The number of rotatable bonds is 4. The van der Waals surface area contributed by atoms with Crippen LogP contribution in [-0.4, -0.2) is 29.5 Å². The van der Waals surface area contributed by atoms with Crippen LogP contribution in [0.3, 0.4) is 0 Å². The Balaban J connectivity index is 0.00000161. The Bertz CT molecular complexity index is 571. The van der Waals surface area contributed by atoms with Gasteiger partial charge in [-0.1, -0.05) is 12.1 Å². The van der Waals surface area contributed by atoms with Gasteiger partial charge in [0.1, 0.15) is 0 Å². The largest absolute Gasteiger partial charge is 0.330 e. The highest BCUT2D eigenvalue weighted by Gasteiger charge is 2.19. The molecule has 1 aromatic heterocycles. The summed E-state index contributed by atoms with van der Waals surface area (Å²) < 4.78 is 0. The molecule has 1 aromatic carbocycles. The number of fused-ring (bicyclic) bond motifs is 1. The molecular formula is C17H24ClN3. The summed E-state index contributed by atoms with van der Waals surface area (Å²) in [6, 6.07) is 10.8. The summed E-state index contributed by atoms with van der Waals surface area (Å²) in [4.78, 5) is 6.95. The molecule has 0 aliphatic carbocycles. The third-order valence-electron chi connectivity index (χ3n) is 4.25. The van der Waals surface area contributed by atoms with Gasteiger partial charge in [0, 0.05) is 24.7 Å². The lowest BCUT2D eigenvalue weighted by molar-refractivity contribution is 0.163. The average molecular weight is 306 g/mol. The predicted octanol–water partition coefficient (Wildman–Crippen LogP) is 3.22. The number of hydrogen-bond donors (Lipinski definition) is 1. The molecule has 114 valence electrons. The minimum Gasteiger partial charge on any atom is -0.330 e. The number of halogens is 1. The van der Waals surface area contributed by atoms with E-state index in [1.54, 1.807) is 0 Å². The van der Waals surface area contributed by atoms with Gasteiger partial charge >= 0.3 is 0 Å². The molecule has 0 saturated carbocycles. The lowest BCUT2D eigenvalue weighted by Crippen LogP contribution is -2.35. The van der Waals surface area contributed by atoms with Crippen molar-refractivity contribution in [3.8, 4) is 0 Å². The molecule has 0 amide bonds. The average Bonchev–Trinajstić information content (AvgIpc) is 2.48. The van der Waals surface area contributed by atoms with E-state index < -0.39 is 0 Å². The number of piperidine rings is 1. The summed E-state index contributed by atoms with van der Waals surface area (Å²) in [7, 11) is 0. The fourth-order valence-corrected chi connectivity index (χ4v) is 3.25. The van der Waals surface area contributed by atoms with Crippen molar-refractivity contribution < 1.29 is 0 Å². The van der Waals surface area contributed by atoms with Crippen molar-refractivity contribution in [2.45, 2.75) is 25.8 Å². The van der Waals surface area contributed by atoms with E-state index in [4.69, 9.17) is 5.73 Å². The number of hydrogen-bond acceptors (Lipinski definition) is 3. The third-order valence-corrected chi connectivity index (χ3v) is 4.25. The van der Waals surface area contributed by atoms with Crippen LogP contribution in [0, 0.1) is 5.92 Å². The van der Waals surface area contributed by atoms with Gasteiger partial charge in [0.15, 0.2) is 0 Å². The molecule has 1 aliphatic rings. The predicted molar refractivity (Wildman–Crippen MR) is 90.7 cm³/mol. The number of aromatic nitrogens is 1. The second-order valence-electron chi connectivity index (χ2n) is 5.85. The van der Waals surface area contributed by atoms with E-state index in [-0.39, 0.29) is 12.4 Å². The van der Waals surface area contributed by atoms with Gasteiger partial charge < -0.3 is 5.73 Å². The van der Waals surface area contributed by atoms with Crippen LogP contribution in [0.25, 0.3) is 10.9 Å². The van der Waals surface area contributed by atoms with Crippen LogP contribution < -0.4 is 5.73 Å². The summed E-state index contributed by atoms with van der Waals surface area (Å²) in [5.41, 5.74) is 8.16. The van der Waals surface area contributed by atoms with Crippen molar-refractivity contribution in [1.82, 2.24) is 9.88 Å². The van der Waals surface area contributed by atoms with Gasteiger partial charge in [-0.3, -0.25) is 9.88 Å². The number of likely N-dealkylation sites (tertiary alicyclic amines) is 1. The molecule has 0 bridgehead atoms. The SMILES string of the molecule is Cl.NCCC1CCCN(Cc2ccc3ncccc3c2)C1. The zero-order valence-corrected chi connectivity index (χ0v) is 13.2. The van der Waals surface area contributed by atoms with Gasteiger partial charge in [-0.15, -0.1) is 12.4 Å². The number of benzene rings is 1. The zero-order chi connectivity index (χ0) is 13.8. The summed E-state index contributed by atoms with van der Waals surface area (Å²) in [5.74, 6) is 0.788. The van der Waals surface area contributed by atoms with E-state index >= 15 is 0 Å². The fraction of sp³-hybridized carbons (Fsp3) is 0.471. The van der Waals surface area contributed by atoms with Gasteiger partial charge in [0.2, 0.25) is 0 Å². The maximum Gasteiger partial charge on any atom is 0.0702 e. The smallest absolute Gasteiger partial charge is 0.0702 e. The third kappa shape index (κ3) is 4.16. The van der Waals surface area contributed by atoms with Crippen LogP contribution in [0.5, 0.6) is 0 Å². The topological polar surface area (TPSA) is 42.1 Å². The van der Waals surface area contributed by atoms with Gasteiger partial charge in [-0.25, -0.2) is 0 Å². The highest BCUT2D eigenvalue weighted by atomic mass is 35.5. The first-order valence-corrected chi connectivity index (χ1v) is 7.61. The Labute approximate surface area is 132 Å². The molecule has 1 atom stereocenters. The van der Waals surface area contributed by atoms with Crippen LogP contribution in [0.15, 0.2) is 36.5 Å². The zero-order valence-electron chi connectivity index (χ0n) is 12.4. The molecule has 2 N–H and O–H groups in total. The first-order chi connectivity index (χ1) is 9.85. The van der Waals surface area contributed by atoms with E-state index in [1.807, 2.05) is 12.3 Å². The Kier molecular flexibility index (Phi) is 5.97. The number of nitrogens with two attached hydrogens (primary N) is 1. The van der Waals surface area contributed by atoms with Gasteiger partial charge in [-0.2, -0.15) is 0 Å². The summed E-state index contributed by atoms with van der Waals surface area (Å²) in [6.07, 6.45) is 5.66. The molecule has 0 radical (unpaired) electrons. The summed E-state index contributed by atoms with van der Waals surface area (Å²) in [5, 5.41) is 1.24. The monoisotopic (exact) mass is 305 g/mol. The van der Waals surface area contributed by atoms with Crippen molar-refractivity contribution in [3.63, 3.8) is 0 Å². The molecule has 3 nitrogen and oxygen atoms in total. The van der Waals surface area contributed by atoms with Crippen LogP contribution in [0.1, 0.15) is 24.8 Å². The first kappa shape index (κ1) is 16.2. The Morgan fingerprint density at radius 1 is 1.29 bits per heavy atom. The Morgan fingerprint density at radius 2 is 2.19 bits per heavy atom. The molecule has 0 spiro atoms. The molecule has 1 unspecified atom stereocenters. The molecule has 1 fully saturated rings. The minimum atomic E-state index is 0. The second-order valence-corrected chi connectivity index (χ2v) is 5.85. The molecule has 1 aliphatic heterocycles. The van der Waals surface area contributed by atoms with E-state index in [9.17, 15) is 0 Å². The van der Waals surface area contributed by atoms with Crippen molar-refractivity contribution >= 4 is 23.3 Å². The van der Waals surface area contributed by atoms with Crippen molar-refractivity contribution in [2.75, 3.05) is 19.6 Å². The molecule has 21 heavy (non-hydrogen) atoms. The Hall–Kier alpha value is -1.16. The molecule has 2 heterocycles. The maximum absolute atomic E-state index is 5.69. The summed E-state index contributed by atoms with van der Waals surface area (Å²) >= 11 is 0. The maximum atomic E-state index is 5.69. The van der Waals surface area contributed by atoms with Crippen LogP contribution in [0.4, 0.5) is 0 Å². The van der Waals surface area contributed by atoms with Gasteiger partial charge in [-0.05, 0) is 62.0 Å². The van der Waals surface area contributed by atoms with E-state index in [0.717, 1.165) is 30.9 Å². The highest BCUT2D eigenvalue weighted by molar-refractivity contribution is 5.85. The molecule has 3 rings (SSSR count). The number of nitrogens with zero attached hydrogens (tertiary/aromatic N) is 2. The highest BCUT2D eigenvalue weighted by Crippen LogP contribution is 2.22. The van der Waals surface area contributed by atoms with Gasteiger partial charge in [0.25, 0.3) is 0 Å². The van der Waals surface area contributed by atoms with Crippen LogP contribution in [-0.2, 0) is 6.54 Å². The second kappa shape index (κ2) is 7.74. The minimum absolute atomic E-state index is 0. The summed E-state index contributed by atoms with van der Waals surface area (Å²) in [6.45, 7) is 4.28. The van der Waals surface area contributed by atoms with E-state index in [0.29, 0.717) is 0 Å². The molecule has 2 aromatic rings. The standard InChI is InChI=1S/C17H23N3.ClH/c18-8-7-14-3-2-10-20(12-14)13-15-5-6-17-16(11-15)4-1-9-19-17;/h1,4-6,9,11,14H,2-3,7-8,10,12-13,18H2;1H. The van der Waals surface area contributed by atoms with Gasteiger partial charge in [0.05, 0.1) is 5.52 Å². The van der Waals surface area contributed by atoms with Crippen molar-refractivity contribution in [2.24, 2.45) is 11.7 Å². The Morgan fingerprint density at radius 3 is 3.05 bits per heavy atom. The molecule has 1 saturated heterocycles.